The monoisotopic (exact) mass is 184 g/mol. The predicted octanol–water partition coefficient (Wildman–Crippen LogP) is 1.68. The van der Waals surface area contributed by atoms with Gasteiger partial charge in [-0.3, -0.25) is 4.72 Å². The van der Waals surface area contributed by atoms with Gasteiger partial charge >= 0.3 is 0 Å². The SMILES string of the molecule is C=C(C)C1=C(SNC)CNCC1. The van der Waals surface area contributed by atoms with Crippen molar-refractivity contribution in [2.24, 2.45) is 0 Å². The highest BCUT2D eigenvalue weighted by Crippen LogP contribution is 2.25. The molecule has 1 aliphatic rings. The molecule has 0 aromatic carbocycles. The Morgan fingerprint density at radius 1 is 1.67 bits per heavy atom. The molecule has 0 saturated carbocycles. The lowest BCUT2D eigenvalue weighted by atomic mass is 10.0. The van der Waals surface area contributed by atoms with Crippen molar-refractivity contribution in [2.75, 3.05) is 20.1 Å². The second-order valence-electron chi connectivity index (χ2n) is 2.92. The largest absolute Gasteiger partial charge is 0.312 e. The van der Waals surface area contributed by atoms with Gasteiger partial charge in [-0.1, -0.05) is 12.2 Å². The Hall–Kier alpha value is -0.250. The maximum atomic E-state index is 3.98. The van der Waals surface area contributed by atoms with Crippen molar-refractivity contribution < 1.29 is 0 Å². The minimum Gasteiger partial charge on any atom is -0.312 e. The van der Waals surface area contributed by atoms with E-state index in [1.165, 1.54) is 16.1 Å². The Balaban J connectivity index is 2.75. The summed E-state index contributed by atoms with van der Waals surface area (Å²) in [4.78, 5) is 1.39. The van der Waals surface area contributed by atoms with Crippen LogP contribution in [0.2, 0.25) is 0 Å². The van der Waals surface area contributed by atoms with Crippen molar-refractivity contribution in [3.63, 3.8) is 0 Å². The van der Waals surface area contributed by atoms with Gasteiger partial charge in [-0.25, -0.2) is 0 Å². The minimum atomic E-state index is 0.980. The summed E-state index contributed by atoms with van der Waals surface area (Å²) in [5, 5.41) is 3.34. The van der Waals surface area contributed by atoms with E-state index in [-0.39, 0.29) is 0 Å². The zero-order valence-corrected chi connectivity index (χ0v) is 8.55. The molecule has 0 unspecified atom stereocenters. The molecule has 3 heteroatoms. The summed E-state index contributed by atoms with van der Waals surface area (Å²) in [6.45, 7) is 8.12. The number of rotatable bonds is 3. The zero-order chi connectivity index (χ0) is 8.97. The van der Waals surface area contributed by atoms with Gasteiger partial charge in [0.2, 0.25) is 0 Å². The van der Waals surface area contributed by atoms with Crippen molar-refractivity contribution in [3.8, 4) is 0 Å². The first-order valence-electron chi connectivity index (χ1n) is 4.18. The standard InChI is InChI=1S/C9H16N2S/c1-7(2)8-4-5-11-6-9(8)12-10-3/h10-11H,1,4-6H2,2-3H3. The highest BCUT2D eigenvalue weighted by atomic mass is 32.2. The van der Waals surface area contributed by atoms with Gasteiger partial charge in [0, 0.05) is 11.4 Å². The van der Waals surface area contributed by atoms with E-state index < -0.39 is 0 Å². The Labute approximate surface area is 78.6 Å². The van der Waals surface area contributed by atoms with Crippen LogP contribution < -0.4 is 10.0 Å². The molecule has 0 atom stereocenters. The van der Waals surface area contributed by atoms with E-state index in [4.69, 9.17) is 0 Å². The lowest BCUT2D eigenvalue weighted by molar-refractivity contribution is 0.701. The molecular formula is C9H16N2S. The molecule has 0 fully saturated rings. The first-order valence-corrected chi connectivity index (χ1v) is 4.99. The molecule has 0 aromatic rings. The van der Waals surface area contributed by atoms with Crippen LogP contribution in [-0.4, -0.2) is 20.1 Å². The number of nitrogens with one attached hydrogen (secondary N) is 2. The molecule has 12 heavy (non-hydrogen) atoms. The molecule has 1 aliphatic heterocycles. The second-order valence-corrected chi connectivity index (χ2v) is 4.02. The first-order chi connectivity index (χ1) is 5.75. The van der Waals surface area contributed by atoms with E-state index in [9.17, 15) is 0 Å². The fourth-order valence-corrected chi connectivity index (χ4v) is 2.15. The van der Waals surface area contributed by atoms with Crippen LogP contribution in [0.5, 0.6) is 0 Å². The van der Waals surface area contributed by atoms with Gasteiger partial charge in [0.05, 0.1) is 0 Å². The van der Waals surface area contributed by atoms with Crippen LogP contribution in [0.4, 0.5) is 0 Å². The predicted molar refractivity (Wildman–Crippen MR) is 56.0 cm³/mol. The molecule has 1 rings (SSSR count). The number of hydrogen-bond acceptors (Lipinski definition) is 3. The highest BCUT2D eigenvalue weighted by molar-refractivity contribution is 8.01. The third-order valence-corrected chi connectivity index (χ3v) is 2.76. The van der Waals surface area contributed by atoms with Crippen LogP contribution in [0.1, 0.15) is 13.3 Å². The summed E-state index contributed by atoms with van der Waals surface area (Å²) < 4.78 is 3.10. The summed E-state index contributed by atoms with van der Waals surface area (Å²) >= 11 is 1.69. The van der Waals surface area contributed by atoms with Crippen LogP contribution in [0.3, 0.4) is 0 Å². The molecule has 68 valence electrons. The van der Waals surface area contributed by atoms with Crippen molar-refractivity contribution in [2.45, 2.75) is 13.3 Å². The average Bonchev–Trinajstić information content (AvgIpc) is 2.05. The van der Waals surface area contributed by atoms with Crippen molar-refractivity contribution in [1.29, 1.82) is 0 Å². The van der Waals surface area contributed by atoms with Crippen LogP contribution in [0.25, 0.3) is 0 Å². The highest BCUT2D eigenvalue weighted by Gasteiger charge is 2.12. The van der Waals surface area contributed by atoms with Gasteiger partial charge < -0.3 is 5.32 Å². The van der Waals surface area contributed by atoms with E-state index in [1.54, 1.807) is 11.9 Å². The quantitative estimate of drug-likeness (QED) is 0.653. The minimum absolute atomic E-state index is 0.980. The van der Waals surface area contributed by atoms with Gasteiger partial charge in [-0.15, -0.1) is 0 Å². The van der Waals surface area contributed by atoms with Crippen LogP contribution in [0.15, 0.2) is 22.6 Å². The summed E-state index contributed by atoms with van der Waals surface area (Å²) in [5.41, 5.74) is 2.63. The molecular weight excluding hydrogens is 168 g/mol. The average molecular weight is 184 g/mol. The Bertz CT molecular complexity index is 209. The van der Waals surface area contributed by atoms with Gasteiger partial charge in [0.1, 0.15) is 0 Å². The fraction of sp³-hybridized carbons (Fsp3) is 0.556. The summed E-state index contributed by atoms with van der Waals surface area (Å²) in [6, 6.07) is 0. The van der Waals surface area contributed by atoms with E-state index in [0.29, 0.717) is 0 Å². The summed E-state index contributed by atoms with van der Waals surface area (Å²) in [6.07, 6.45) is 1.11. The molecule has 0 aliphatic carbocycles. The topological polar surface area (TPSA) is 24.1 Å². The van der Waals surface area contributed by atoms with Gasteiger partial charge in [-0.2, -0.15) is 0 Å². The fourth-order valence-electron chi connectivity index (χ4n) is 1.33. The van der Waals surface area contributed by atoms with Crippen molar-refractivity contribution in [3.05, 3.63) is 22.6 Å². The normalized spacial score (nSPS) is 18.2. The van der Waals surface area contributed by atoms with E-state index in [1.807, 2.05) is 7.05 Å². The van der Waals surface area contributed by atoms with Crippen LogP contribution >= 0.6 is 11.9 Å². The number of hydrogen-bond donors (Lipinski definition) is 2. The molecule has 0 bridgehead atoms. The molecule has 0 amide bonds. The smallest absolute Gasteiger partial charge is 0.0281 e. The van der Waals surface area contributed by atoms with Crippen LogP contribution in [0, 0.1) is 0 Å². The molecule has 1 heterocycles. The Morgan fingerprint density at radius 3 is 3.00 bits per heavy atom. The first kappa shape index (κ1) is 9.84. The second kappa shape index (κ2) is 4.70. The van der Waals surface area contributed by atoms with E-state index in [2.05, 4.69) is 23.5 Å². The molecule has 2 nitrogen and oxygen atoms in total. The Kier molecular flexibility index (Phi) is 3.85. The molecule has 0 aromatic heterocycles. The maximum absolute atomic E-state index is 3.98. The van der Waals surface area contributed by atoms with Gasteiger partial charge in [-0.05, 0) is 44.5 Å². The zero-order valence-electron chi connectivity index (χ0n) is 7.74. The molecule has 0 spiro atoms. The van der Waals surface area contributed by atoms with E-state index in [0.717, 1.165) is 19.5 Å². The lowest BCUT2D eigenvalue weighted by Crippen LogP contribution is -2.25. The molecule has 0 saturated heterocycles. The molecule has 2 N–H and O–H groups in total. The van der Waals surface area contributed by atoms with E-state index >= 15 is 0 Å². The van der Waals surface area contributed by atoms with Crippen molar-refractivity contribution >= 4 is 11.9 Å². The lowest BCUT2D eigenvalue weighted by Gasteiger charge is -2.20. The summed E-state index contributed by atoms with van der Waals surface area (Å²) in [7, 11) is 1.95. The Morgan fingerprint density at radius 2 is 2.42 bits per heavy atom. The number of allylic oxidation sites excluding steroid dienone is 1. The molecule has 0 radical (unpaired) electrons. The van der Waals surface area contributed by atoms with Gasteiger partial charge in [0.15, 0.2) is 0 Å². The van der Waals surface area contributed by atoms with Gasteiger partial charge in [0.25, 0.3) is 0 Å². The van der Waals surface area contributed by atoms with Crippen molar-refractivity contribution in [1.82, 2.24) is 10.0 Å². The maximum Gasteiger partial charge on any atom is 0.0281 e. The third kappa shape index (κ3) is 2.37. The summed E-state index contributed by atoms with van der Waals surface area (Å²) in [5.74, 6) is 0. The van der Waals surface area contributed by atoms with Crippen LogP contribution in [-0.2, 0) is 0 Å². The third-order valence-electron chi connectivity index (χ3n) is 1.91.